The van der Waals surface area contributed by atoms with E-state index in [0.29, 0.717) is 12.4 Å². The molecule has 1 atom stereocenters. The van der Waals surface area contributed by atoms with Crippen molar-refractivity contribution in [2.75, 3.05) is 6.54 Å². The number of ether oxygens (including phenoxy) is 1. The molecule has 0 radical (unpaired) electrons. The van der Waals surface area contributed by atoms with Crippen LogP contribution in [0.1, 0.15) is 45.1 Å². The van der Waals surface area contributed by atoms with Crippen LogP contribution < -0.4 is 0 Å². The van der Waals surface area contributed by atoms with Gasteiger partial charge in [0, 0.05) is 12.1 Å². The number of aromatic amines is 1. The molecule has 0 saturated heterocycles. The van der Waals surface area contributed by atoms with Crippen molar-refractivity contribution in [1.82, 2.24) is 14.9 Å². The summed E-state index contributed by atoms with van der Waals surface area (Å²) in [6.07, 6.45) is 8.87. The summed E-state index contributed by atoms with van der Waals surface area (Å²) in [5.41, 5.74) is 3.28. The predicted octanol–water partition coefficient (Wildman–Crippen LogP) is 4.30. The number of nitrogens with zero attached hydrogens (tertiary/aromatic N) is 2. The third kappa shape index (κ3) is 3.80. The van der Waals surface area contributed by atoms with Crippen LogP contribution in [0.4, 0.5) is 4.79 Å². The first-order chi connectivity index (χ1) is 12.3. The van der Waals surface area contributed by atoms with Gasteiger partial charge in [0.15, 0.2) is 0 Å². The number of terminal acetylenes is 1. The van der Waals surface area contributed by atoms with Crippen molar-refractivity contribution < 1.29 is 9.53 Å². The number of imidazole rings is 1. The van der Waals surface area contributed by atoms with Crippen molar-refractivity contribution >= 4 is 6.09 Å². The minimum atomic E-state index is -0.536. The lowest BCUT2D eigenvalue weighted by atomic mass is 10.1. The molecule has 5 nitrogen and oxygen atoms in total. The van der Waals surface area contributed by atoms with E-state index in [1.54, 1.807) is 11.1 Å². The Morgan fingerprint density at radius 3 is 2.65 bits per heavy atom. The molecule has 0 saturated carbocycles. The SMILES string of the molecule is C#Cc1ccc(-c2cnc([C@@H]3C=C(C)CN3C(=O)OC(C)(C)C)[nH]2)cc1. The van der Waals surface area contributed by atoms with Crippen molar-refractivity contribution in [2.45, 2.75) is 39.3 Å². The molecule has 1 aromatic heterocycles. The summed E-state index contributed by atoms with van der Waals surface area (Å²) in [4.78, 5) is 22.0. The van der Waals surface area contributed by atoms with Crippen molar-refractivity contribution in [3.05, 3.63) is 53.5 Å². The molecule has 1 aromatic carbocycles. The monoisotopic (exact) mass is 349 g/mol. The molecule has 3 rings (SSSR count). The van der Waals surface area contributed by atoms with Gasteiger partial charge in [0.05, 0.1) is 11.9 Å². The van der Waals surface area contributed by atoms with E-state index < -0.39 is 5.60 Å². The second kappa shape index (κ2) is 6.72. The van der Waals surface area contributed by atoms with Gasteiger partial charge < -0.3 is 9.72 Å². The molecule has 0 aliphatic carbocycles. The zero-order valence-corrected chi connectivity index (χ0v) is 15.5. The van der Waals surface area contributed by atoms with Crippen LogP contribution in [0.15, 0.2) is 42.1 Å². The number of nitrogens with one attached hydrogen (secondary N) is 1. The Balaban J connectivity index is 1.84. The Kier molecular flexibility index (Phi) is 4.60. The quantitative estimate of drug-likeness (QED) is 0.650. The third-order valence-corrected chi connectivity index (χ3v) is 4.06. The van der Waals surface area contributed by atoms with E-state index in [2.05, 4.69) is 15.9 Å². The maximum Gasteiger partial charge on any atom is 0.411 e. The number of carbonyl (C=O) groups is 1. The zero-order valence-electron chi connectivity index (χ0n) is 15.5. The molecular formula is C21H23N3O2. The molecule has 0 fully saturated rings. The van der Waals surface area contributed by atoms with Crippen LogP contribution in [-0.4, -0.2) is 33.1 Å². The van der Waals surface area contributed by atoms with Crippen LogP contribution in [0.5, 0.6) is 0 Å². The van der Waals surface area contributed by atoms with Crippen LogP contribution in [0.25, 0.3) is 11.3 Å². The average Bonchev–Trinajstić information content (AvgIpc) is 3.20. The lowest BCUT2D eigenvalue weighted by Gasteiger charge is -2.27. The van der Waals surface area contributed by atoms with E-state index in [9.17, 15) is 4.79 Å². The van der Waals surface area contributed by atoms with Crippen LogP contribution in [0, 0.1) is 12.3 Å². The number of amides is 1. The van der Waals surface area contributed by atoms with E-state index in [1.807, 2.05) is 58.0 Å². The number of benzene rings is 1. The van der Waals surface area contributed by atoms with Gasteiger partial charge in [0.1, 0.15) is 17.5 Å². The molecule has 2 heterocycles. The summed E-state index contributed by atoms with van der Waals surface area (Å²) in [5, 5.41) is 0. The highest BCUT2D eigenvalue weighted by molar-refractivity contribution is 5.70. The second-order valence-electron chi connectivity index (χ2n) is 7.47. The maximum atomic E-state index is 12.5. The maximum absolute atomic E-state index is 12.5. The smallest absolute Gasteiger partial charge is 0.411 e. The fraction of sp³-hybridized carbons (Fsp3) is 0.333. The van der Waals surface area contributed by atoms with Gasteiger partial charge in [0.2, 0.25) is 0 Å². The fourth-order valence-corrected chi connectivity index (χ4v) is 2.88. The van der Waals surface area contributed by atoms with Crippen LogP contribution >= 0.6 is 0 Å². The minimum Gasteiger partial charge on any atom is -0.444 e. The number of H-pyrrole nitrogens is 1. The molecule has 1 amide bonds. The van der Waals surface area contributed by atoms with Gasteiger partial charge in [-0.1, -0.05) is 29.7 Å². The van der Waals surface area contributed by atoms with E-state index in [-0.39, 0.29) is 12.1 Å². The Bertz CT molecular complexity index is 879. The lowest BCUT2D eigenvalue weighted by molar-refractivity contribution is 0.0233. The summed E-state index contributed by atoms with van der Waals surface area (Å²) in [6, 6.07) is 7.43. The summed E-state index contributed by atoms with van der Waals surface area (Å²) in [6.45, 7) is 8.12. The topological polar surface area (TPSA) is 58.2 Å². The molecule has 0 bridgehead atoms. The Hall–Kier alpha value is -3.00. The number of rotatable bonds is 2. The largest absolute Gasteiger partial charge is 0.444 e. The van der Waals surface area contributed by atoms with Crippen LogP contribution in [0.3, 0.4) is 0 Å². The van der Waals surface area contributed by atoms with Gasteiger partial charge in [-0.15, -0.1) is 6.42 Å². The molecule has 134 valence electrons. The number of aromatic nitrogens is 2. The van der Waals surface area contributed by atoms with E-state index >= 15 is 0 Å². The normalized spacial score (nSPS) is 17.0. The highest BCUT2D eigenvalue weighted by atomic mass is 16.6. The summed E-state index contributed by atoms with van der Waals surface area (Å²) < 4.78 is 5.53. The van der Waals surface area contributed by atoms with Gasteiger partial charge in [-0.05, 0) is 45.4 Å². The van der Waals surface area contributed by atoms with E-state index in [0.717, 1.165) is 22.4 Å². The predicted molar refractivity (Wildman–Crippen MR) is 101 cm³/mol. The summed E-state index contributed by atoms with van der Waals surface area (Å²) >= 11 is 0. The molecule has 1 aliphatic heterocycles. The molecule has 0 unspecified atom stereocenters. The van der Waals surface area contributed by atoms with Gasteiger partial charge in [-0.3, -0.25) is 4.90 Å². The Morgan fingerprint density at radius 2 is 2.04 bits per heavy atom. The second-order valence-corrected chi connectivity index (χ2v) is 7.47. The van der Waals surface area contributed by atoms with Crippen molar-refractivity contribution in [3.63, 3.8) is 0 Å². The van der Waals surface area contributed by atoms with Crippen LogP contribution in [0.2, 0.25) is 0 Å². The fourth-order valence-electron chi connectivity index (χ4n) is 2.88. The molecule has 2 aromatic rings. The van der Waals surface area contributed by atoms with Crippen molar-refractivity contribution in [3.8, 4) is 23.6 Å². The number of hydrogen-bond acceptors (Lipinski definition) is 3. The van der Waals surface area contributed by atoms with Crippen molar-refractivity contribution in [2.24, 2.45) is 0 Å². The number of carbonyl (C=O) groups excluding carboxylic acids is 1. The Morgan fingerprint density at radius 1 is 1.35 bits per heavy atom. The highest BCUT2D eigenvalue weighted by Gasteiger charge is 2.33. The highest BCUT2D eigenvalue weighted by Crippen LogP contribution is 2.31. The van der Waals surface area contributed by atoms with Crippen molar-refractivity contribution in [1.29, 1.82) is 0 Å². The standard InChI is InChI=1S/C21H23N3O2/c1-6-15-7-9-16(10-8-15)17-12-22-19(23-17)18-11-14(2)13-24(18)20(25)26-21(3,4)5/h1,7-12,18H,13H2,2-5H3,(H,22,23)/t18-/m0/s1. The van der Waals surface area contributed by atoms with Crippen LogP contribution in [-0.2, 0) is 4.74 Å². The van der Waals surface area contributed by atoms with Gasteiger partial charge in [-0.2, -0.15) is 0 Å². The van der Waals surface area contributed by atoms with E-state index in [4.69, 9.17) is 11.2 Å². The first kappa shape index (κ1) is 17.8. The van der Waals surface area contributed by atoms with Gasteiger partial charge in [-0.25, -0.2) is 9.78 Å². The van der Waals surface area contributed by atoms with E-state index in [1.165, 1.54) is 0 Å². The zero-order chi connectivity index (χ0) is 18.9. The average molecular weight is 349 g/mol. The van der Waals surface area contributed by atoms with Gasteiger partial charge >= 0.3 is 6.09 Å². The molecule has 5 heteroatoms. The number of hydrogen-bond donors (Lipinski definition) is 1. The summed E-state index contributed by atoms with van der Waals surface area (Å²) in [5.74, 6) is 3.32. The first-order valence-electron chi connectivity index (χ1n) is 8.56. The first-order valence-corrected chi connectivity index (χ1v) is 8.56. The lowest BCUT2D eigenvalue weighted by Crippen LogP contribution is -2.37. The molecule has 1 aliphatic rings. The molecule has 26 heavy (non-hydrogen) atoms. The molecule has 0 spiro atoms. The molecular weight excluding hydrogens is 326 g/mol. The minimum absolute atomic E-state index is 0.261. The summed E-state index contributed by atoms with van der Waals surface area (Å²) in [7, 11) is 0. The molecule has 1 N–H and O–H groups in total. The Labute approximate surface area is 154 Å². The third-order valence-electron chi connectivity index (χ3n) is 4.06. The van der Waals surface area contributed by atoms with Gasteiger partial charge in [0.25, 0.3) is 0 Å².